The average molecular weight is 226 g/mol. The van der Waals surface area contributed by atoms with Crippen molar-refractivity contribution < 1.29 is 4.79 Å². The van der Waals surface area contributed by atoms with Crippen molar-refractivity contribution in [2.45, 2.75) is 51.9 Å². The summed E-state index contributed by atoms with van der Waals surface area (Å²) in [7, 11) is 0. The predicted octanol–water partition coefficient (Wildman–Crippen LogP) is 2.15. The number of carbonyl (C=O) groups is 1. The molecular weight excluding hydrogens is 200 g/mol. The number of hydrogen-bond acceptors (Lipinski definition) is 2. The van der Waals surface area contributed by atoms with E-state index in [2.05, 4.69) is 6.92 Å². The van der Waals surface area contributed by atoms with Crippen LogP contribution in [0.5, 0.6) is 0 Å². The van der Waals surface area contributed by atoms with E-state index < -0.39 is 0 Å². The molecule has 0 bridgehead atoms. The van der Waals surface area contributed by atoms with E-state index in [-0.39, 0.29) is 5.92 Å². The summed E-state index contributed by atoms with van der Waals surface area (Å²) in [5.74, 6) is 0.634. The summed E-state index contributed by atoms with van der Waals surface area (Å²) in [6.07, 6.45) is 8.24. The molecule has 0 heterocycles. The van der Waals surface area contributed by atoms with Crippen LogP contribution in [0, 0.1) is 5.92 Å². The first-order valence-corrected chi connectivity index (χ1v) is 6.78. The molecule has 0 radical (unpaired) electrons. The number of nitrogens with two attached hydrogens (primary N) is 1. The minimum absolute atomic E-state index is 0.278. The van der Waals surface area contributed by atoms with Gasteiger partial charge in [0, 0.05) is 25.6 Å². The fraction of sp³-hybridized carbons (Fsp3) is 0.923. The van der Waals surface area contributed by atoms with Gasteiger partial charge in [0.25, 0.3) is 0 Å². The first-order chi connectivity index (χ1) is 7.79. The van der Waals surface area contributed by atoms with Gasteiger partial charge in [-0.15, -0.1) is 0 Å². The van der Waals surface area contributed by atoms with Gasteiger partial charge in [0.15, 0.2) is 0 Å². The minimum Gasteiger partial charge on any atom is -0.341 e. The maximum Gasteiger partial charge on any atom is 0.225 e. The summed E-state index contributed by atoms with van der Waals surface area (Å²) in [4.78, 5) is 14.3. The summed E-state index contributed by atoms with van der Waals surface area (Å²) in [6.45, 7) is 4.29. The van der Waals surface area contributed by atoms with Crippen molar-refractivity contribution in [2.75, 3.05) is 19.6 Å². The molecule has 1 aliphatic rings. The van der Waals surface area contributed by atoms with Crippen LogP contribution in [-0.4, -0.2) is 30.4 Å². The van der Waals surface area contributed by atoms with Crippen LogP contribution in [0.25, 0.3) is 0 Å². The molecular formula is C13H26N2O. The highest BCUT2D eigenvalue weighted by molar-refractivity contribution is 5.78. The highest BCUT2D eigenvalue weighted by atomic mass is 16.2. The second kappa shape index (κ2) is 7.66. The smallest absolute Gasteiger partial charge is 0.225 e. The summed E-state index contributed by atoms with van der Waals surface area (Å²) >= 11 is 0. The van der Waals surface area contributed by atoms with Crippen LogP contribution in [0.4, 0.5) is 0 Å². The Kier molecular flexibility index (Phi) is 6.46. The summed E-state index contributed by atoms with van der Waals surface area (Å²) in [5.41, 5.74) is 5.56. The quantitative estimate of drug-likeness (QED) is 0.730. The number of nitrogens with zero attached hydrogens (tertiary/aromatic N) is 1. The molecule has 0 spiro atoms. The molecule has 1 aliphatic carbocycles. The SMILES string of the molecule is CCCN(CCN)C(=O)C1CCCCCC1. The number of carbonyl (C=O) groups excluding carboxylic acids is 1. The van der Waals surface area contributed by atoms with Crippen LogP contribution in [0.15, 0.2) is 0 Å². The standard InChI is InChI=1S/C13H26N2O/c1-2-10-15(11-9-14)13(16)12-7-5-3-4-6-8-12/h12H,2-11,14H2,1H3. The third kappa shape index (κ3) is 4.12. The van der Waals surface area contributed by atoms with Gasteiger partial charge in [-0.2, -0.15) is 0 Å². The Labute approximate surface area is 99.4 Å². The van der Waals surface area contributed by atoms with Gasteiger partial charge in [-0.1, -0.05) is 32.6 Å². The normalized spacial score (nSPS) is 18.1. The molecule has 0 aromatic carbocycles. The van der Waals surface area contributed by atoms with Crippen molar-refractivity contribution >= 4 is 5.91 Å². The van der Waals surface area contributed by atoms with Crippen LogP contribution >= 0.6 is 0 Å². The average Bonchev–Trinajstić information content (AvgIpc) is 2.56. The van der Waals surface area contributed by atoms with Crippen molar-refractivity contribution in [3.63, 3.8) is 0 Å². The van der Waals surface area contributed by atoms with Gasteiger partial charge in [0.2, 0.25) is 5.91 Å². The first-order valence-electron chi connectivity index (χ1n) is 6.78. The Hall–Kier alpha value is -0.570. The Morgan fingerprint density at radius 1 is 1.19 bits per heavy atom. The highest BCUT2D eigenvalue weighted by Gasteiger charge is 2.24. The lowest BCUT2D eigenvalue weighted by Crippen LogP contribution is -2.39. The van der Waals surface area contributed by atoms with Crippen molar-refractivity contribution in [1.82, 2.24) is 4.90 Å². The van der Waals surface area contributed by atoms with E-state index in [4.69, 9.17) is 5.73 Å². The van der Waals surface area contributed by atoms with Crippen molar-refractivity contribution in [3.8, 4) is 0 Å². The van der Waals surface area contributed by atoms with E-state index in [0.29, 0.717) is 12.5 Å². The lowest BCUT2D eigenvalue weighted by atomic mass is 9.98. The van der Waals surface area contributed by atoms with Gasteiger partial charge < -0.3 is 10.6 Å². The van der Waals surface area contributed by atoms with E-state index in [0.717, 1.165) is 32.4 Å². The van der Waals surface area contributed by atoms with Crippen molar-refractivity contribution in [2.24, 2.45) is 11.7 Å². The third-order valence-electron chi connectivity index (χ3n) is 3.41. The Bertz CT molecular complexity index is 188. The summed E-state index contributed by atoms with van der Waals surface area (Å²) < 4.78 is 0. The summed E-state index contributed by atoms with van der Waals surface area (Å²) in [6, 6.07) is 0. The number of amides is 1. The predicted molar refractivity (Wildman–Crippen MR) is 67.1 cm³/mol. The molecule has 1 fully saturated rings. The van der Waals surface area contributed by atoms with Crippen LogP contribution in [0.1, 0.15) is 51.9 Å². The van der Waals surface area contributed by atoms with Crippen LogP contribution < -0.4 is 5.73 Å². The van der Waals surface area contributed by atoms with Gasteiger partial charge in [0.1, 0.15) is 0 Å². The van der Waals surface area contributed by atoms with Gasteiger partial charge >= 0.3 is 0 Å². The van der Waals surface area contributed by atoms with Gasteiger partial charge in [-0.25, -0.2) is 0 Å². The third-order valence-corrected chi connectivity index (χ3v) is 3.41. The topological polar surface area (TPSA) is 46.3 Å². The van der Waals surface area contributed by atoms with Gasteiger partial charge in [0.05, 0.1) is 0 Å². The molecule has 1 amide bonds. The monoisotopic (exact) mass is 226 g/mol. The molecule has 3 nitrogen and oxygen atoms in total. The zero-order valence-electron chi connectivity index (χ0n) is 10.6. The minimum atomic E-state index is 0.278. The molecule has 94 valence electrons. The second-order valence-corrected chi connectivity index (χ2v) is 4.80. The molecule has 0 saturated heterocycles. The van der Waals surface area contributed by atoms with Crippen LogP contribution in [0.3, 0.4) is 0 Å². The maximum atomic E-state index is 12.3. The van der Waals surface area contributed by atoms with E-state index in [9.17, 15) is 4.79 Å². The number of hydrogen-bond donors (Lipinski definition) is 1. The Morgan fingerprint density at radius 3 is 2.31 bits per heavy atom. The molecule has 0 aliphatic heterocycles. The zero-order valence-corrected chi connectivity index (χ0v) is 10.6. The van der Waals surface area contributed by atoms with E-state index in [1.807, 2.05) is 4.90 Å². The largest absolute Gasteiger partial charge is 0.341 e. The number of rotatable bonds is 5. The van der Waals surface area contributed by atoms with E-state index in [1.54, 1.807) is 0 Å². The lowest BCUT2D eigenvalue weighted by molar-refractivity contribution is -0.135. The Morgan fingerprint density at radius 2 is 1.81 bits per heavy atom. The van der Waals surface area contributed by atoms with Crippen LogP contribution in [-0.2, 0) is 4.79 Å². The zero-order chi connectivity index (χ0) is 11.8. The molecule has 2 N–H and O–H groups in total. The highest BCUT2D eigenvalue weighted by Crippen LogP contribution is 2.24. The molecule has 1 saturated carbocycles. The molecule has 16 heavy (non-hydrogen) atoms. The molecule has 1 rings (SSSR count). The van der Waals surface area contributed by atoms with Gasteiger partial charge in [-0.3, -0.25) is 4.79 Å². The lowest BCUT2D eigenvalue weighted by Gasteiger charge is -2.26. The Balaban J connectivity index is 2.49. The molecule has 3 heteroatoms. The second-order valence-electron chi connectivity index (χ2n) is 4.80. The summed E-state index contributed by atoms with van der Waals surface area (Å²) in [5, 5.41) is 0. The van der Waals surface area contributed by atoms with Crippen LogP contribution in [0.2, 0.25) is 0 Å². The first kappa shape index (κ1) is 13.5. The molecule has 0 aromatic heterocycles. The maximum absolute atomic E-state index is 12.3. The molecule has 0 aromatic rings. The van der Waals surface area contributed by atoms with Crippen molar-refractivity contribution in [3.05, 3.63) is 0 Å². The van der Waals surface area contributed by atoms with Gasteiger partial charge in [-0.05, 0) is 19.3 Å². The van der Waals surface area contributed by atoms with E-state index in [1.165, 1.54) is 25.7 Å². The van der Waals surface area contributed by atoms with E-state index >= 15 is 0 Å². The van der Waals surface area contributed by atoms with Crippen molar-refractivity contribution in [1.29, 1.82) is 0 Å². The fourth-order valence-electron chi connectivity index (χ4n) is 2.54. The fourth-order valence-corrected chi connectivity index (χ4v) is 2.54. The molecule has 0 atom stereocenters. The molecule has 0 unspecified atom stereocenters.